The van der Waals surface area contributed by atoms with Crippen LogP contribution in [0.1, 0.15) is 33.3 Å². The van der Waals surface area contributed by atoms with E-state index in [-0.39, 0.29) is 35.6 Å². The fourth-order valence-electron chi connectivity index (χ4n) is 9.29. The molecule has 33 heteroatoms. The highest BCUT2D eigenvalue weighted by molar-refractivity contribution is 7.12. The van der Waals surface area contributed by atoms with Crippen LogP contribution in [-0.4, -0.2) is 118 Å². The van der Waals surface area contributed by atoms with Crippen molar-refractivity contribution in [1.29, 1.82) is 5.26 Å². The molecule has 0 aliphatic carbocycles. The standard InChI is InChI=1S/C19H18N6O2S.C18H20N8.2C15H15N7O/c1-26-15-9-8-13(10-16(15)27-2)21-18-23-17(20)25(24-18)19-22-14(11-28-19)12-6-4-3-5-7-12;1-3-25(4-2)15-8-6-14(7-9-15)22-18-23-17(20)26(24-18)16-10-5-13(11-19)12-21-16;1-10(23)18-11-5-4-6-12(9-11)19-15-20-14(16)22(21-15)13-7-2-3-8-17-13;1-10(23)18-11-5-7-12(8-6-11)19-15-20-14(16)22(21-15)13-4-2-3-9-17-13/h3-11H,1-2H3,(H3,20,21,23,24);5-10,12H,3-4H2,1-2H3,(H3,20,22,23,24);2*2-9H,1H3,(H,18,23)(H3,16,19,20,21). The molecule has 0 aliphatic heterocycles. The first kappa shape index (κ1) is 68.8. The number of nitriles is 1. The minimum absolute atomic E-state index is 0.116. The summed E-state index contributed by atoms with van der Waals surface area (Å²) >= 11 is 1.45. The van der Waals surface area contributed by atoms with Gasteiger partial charge in [-0.05, 0) is 129 Å². The van der Waals surface area contributed by atoms with Crippen molar-refractivity contribution >= 4 is 111 Å². The summed E-state index contributed by atoms with van der Waals surface area (Å²) in [4.78, 5) is 58.3. The van der Waals surface area contributed by atoms with E-state index in [1.54, 1.807) is 87.3 Å². The Balaban J connectivity index is 0.000000145. The summed E-state index contributed by atoms with van der Waals surface area (Å²) in [7, 11) is 3.17. The summed E-state index contributed by atoms with van der Waals surface area (Å²) in [6, 6.07) is 54.1. The largest absolute Gasteiger partial charge is 0.493 e. The molecule has 100 heavy (non-hydrogen) atoms. The first-order chi connectivity index (χ1) is 48.5. The lowest BCUT2D eigenvalue weighted by Crippen LogP contribution is -2.21. The number of hydrogen-bond acceptors (Lipinski definition) is 27. The zero-order chi connectivity index (χ0) is 70.5. The molecule has 13 rings (SSSR count). The summed E-state index contributed by atoms with van der Waals surface area (Å²) < 4.78 is 16.4. The van der Waals surface area contributed by atoms with Gasteiger partial charge < -0.3 is 69.2 Å². The van der Waals surface area contributed by atoms with Gasteiger partial charge in [-0.3, -0.25) is 9.59 Å². The summed E-state index contributed by atoms with van der Waals surface area (Å²) in [5, 5.41) is 46.5. The van der Waals surface area contributed by atoms with Gasteiger partial charge in [0.1, 0.15) is 6.07 Å². The molecule has 8 aromatic heterocycles. The van der Waals surface area contributed by atoms with Gasteiger partial charge in [-0.2, -0.15) is 43.9 Å². The zero-order valence-corrected chi connectivity index (χ0v) is 55.6. The van der Waals surface area contributed by atoms with Gasteiger partial charge in [0.15, 0.2) is 29.0 Å². The van der Waals surface area contributed by atoms with Gasteiger partial charge in [-0.15, -0.1) is 31.7 Å². The molecule has 8 heterocycles. The fraction of sp³-hybridized carbons (Fsp3) is 0.119. The van der Waals surface area contributed by atoms with E-state index < -0.39 is 0 Å². The molecule has 0 saturated carbocycles. The molecular formula is C67H68N28O4S. The van der Waals surface area contributed by atoms with Gasteiger partial charge >= 0.3 is 0 Å². The summed E-state index contributed by atoms with van der Waals surface area (Å²) in [6.45, 7) is 9.10. The van der Waals surface area contributed by atoms with Crippen LogP contribution >= 0.6 is 11.3 Å². The Kier molecular flexibility index (Phi) is 22.6. The first-order valence-electron chi connectivity index (χ1n) is 30.6. The second-order valence-corrected chi connectivity index (χ2v) is 21.7. The molecule has 506 valence electrons. The predicted octanol–water partition coefficient (Wildman–Crippen LogP) is 10.3. The summed E-state index contributed by atoms with van der Waals surface area (Å²) in [6.07, 6.45) is 4.78. The number of carbonyl (C=O) groups is 2. The lowest BCUT2D eigenvalue weighted by molar-refractivity contribution is -0.115. The third kappa shape index (κ3) is 18.3. The van der Waals surface area contributed by atoms with Crippen LogP contribution in [0.15, 0.2) is 194 Å². The fourth-order valence-corrected chi connectivity index (χ4v) is 10.1. The molecule has 32 nitrogen and oxygen atoms in total. The van der Waals surface area contributed by atoms with Crippen molar-refractivity contribution in [3.63, 3.8) is 0 Å². The number of ether oxygens (including phenoxy) is 2. The average molecular weight is 1360 g/mol. The van der Waals surface area contributed by atoms with Gasteiger partial charge in [0.05, 0.1) is 25.5 Å². The number of nitrogens with one attached hydrogen (secondary N) is 6. The molecular weight excluding hydrogens is 1290 g/mol. The van der Waals surface area contributed by atoms with E-state index in [1.807, 2.05) is 109 Å². The van der Waals surface area contributed by atoms with Gasteiger partial charge in [0, 0.05) is 102 Å². The van der Waals surface area contributed by atoms with Crippen molar-refractivity contribution in [3.8, 4) is 51.4 Å². The van der Waals surface area contributed by atoms with Crippen molar-refractivity contribution in [2.75, 3.05) is 87.0 Å². The quantitative estimate of drug-likeness (QED) is 0.0339. The van der Waals surface area contributed by atoms with Crippen LogP contribution in [0.4, 0.5) is 87.4 Å². The van der Waals surface area contributed by atoms with E-state index in [0.29, 0.717) is 69.1 Å². The van der Waals surface area contributed by atoms with Crippen LogP contribution in [0.5, 0.6) is 11.5 Å². The van der Waals surface area contributed by atoms with Crippen LogP contribution in [-0.2, 0) is 9.59 Å². The van der Waals surface area contributed by atoms with E-state index in [1.165, 1.54) is 55.8 Å². The van der Waals surface area contributed by atoms with Gasteiger partial charge in [0.2, 0.25) is 64.5 Å². The van der Waals surface area contributed by atoms with E-state index >= 15 is 0 Å². The highest BCUT2D eigenvalue weighted by atomic mass is 32.1. The van der Waals surface area contributed by atoms with Crippen LogP contribution in [0.25, 0.3) is 33.8 Å². The number of nitrogens with two attached hydrogens (primary N) is 4. The highest BCUT2D eigenvalue weighted by Crippen LogP contribution is 2.32. The van der Waals surface area contributed by atoms with E-state index in [0.717, 1.165) is 52.8 Å². The maximum atomic E-state index is 11.1. The number of aromatic nitrogens is 16. The van der Waals surface area contributed by atoms with Crippen LogP contribution in [0, 0.1) is 11.3 Å². The number of nitrogen functional groups attached to an aromatic ring is 4. The monoisotopic (exact) mass is 1360 g/mol. The molecule has 0 aliphatic rings. The lowest BCUT2D eigenvalue weighted by Gasteiger charge is -2.21. The topological polar surface area (TPSA) is 430 Å². The number of amides is 2. The molecule has 5 aromatic carbocycles. The van der Waals surface area contributed by atoms with Gasteiger partial charge in [-0.1, -0.05) is 48.5 Å². The second-order valence-electron chi connectivity index (χ2n) is 20.9. The van der Waals surface area contributed by atoms with Crippen LogP contribution in [0.3, 0.4) is 0 Å². The molecule has 0 unspecified atom stereocenters. The molecule has 0 spiro atoms. The number of rotatable bonds is 20. The van der Waals surface area contributed by atoms with Crippen molar-refractivity contribution in [2.45, 2.75) is 27.7 Å². The normalized spacial score (nSPS) is 10.4. The number of carbonyl (C=O) groups excluding carboxylic acids is 2. The lowest BCUT2D eigenvalue weighted by atomic mass is 10.2. The van der Waals surface area contributed by atoms with Crippen molar-refractivity contribution in [2.24, 2.45) is 0 Å². The molecule has 0 radical (unpaired) electrons. The summed E-state index contributed by atoms with van der Waals surface area (Å²) in [5.41, 5.74) is 31.8. The third-order valence-electron chi connectivity index (χ3n) is 13.9. The van der Waals surface area contributed by atoms with E-state index in [9.17, 15) is 9.59 Å². The van der Waals surface area contributed by atoms with Crippen LogP contribution in [0.2, 0.25) is 0 Å². The van der Waals surface area contributed by atoms with Crippen LogP contribution < -0.4 is 69.2 Å². The number of benzene rings is 5. The number of nitrogens with zero attached hydrogens (tertiary/aromatic N) is 18. The average Bonchev–Trinajstić information content (AvgIpc) is 1.66. The molecule has 14 N–H and O–H groups in total. The minimum Gasteiger partial charge on any atom is -0.493 e. The SMILES string of the molecule is CC(=O)Nc1ccc(Nc2nc(N)n(-c3ccccn3)n2)cc1.CC(=O)Nc1cccc(Nc2nc(N)n(-c3ccccn3)n2)c1.CCN(CC)c1ccc(Nc2nc(N)n(-c3ccc(C#N)cn3)n2)cc1.COc1ccc(Nc2nc(N)n(-c3nc(-c4ccccc4)cs3)n2)cc1OC. The molecule has 2 amide bonds. The minimum atomic E-state index is -0.135. The second kappa shape index (κ2) is 32.9. The van der Waals surface area contributed by atoms with E-state index in [4.69, 9.17) is 37.7 Å². The zero-order valence-electron chi connectivity index (χ0n) is 54.8. The molecule has 13 aromatic rings. The Bertz CT molecular complexity index is 4860. The Hall–Kier alpha value is -14.0. The highest BCUT2D eigenvalue weighted by Gasteiger charge is 2.17. The number of thiazole rings is 1. The maximum absolute atomic E-state index is 11.1. The Morgan fingerprint density at radius 2 is 0.950 bits per heavy atom. The predicted molar refractivity (Wildman–Crippen MR) is 386 cm³/mol. The Morgan fingerprint density at radius 1 is 0.490 bits per heavy atom. The molecule has 0 saturated heterocycles. The molecule has 0 fully saturated rings. The smallest absolute Gasteiger partial charge is 0.248 e. The summed E-state index contributed by atoms with van der Waals surface area (Å²) in [5.74, 6) is 5.03. The number of pyridine rings is 3. The number of methoxy groups -OCH3 is 2. The number of hydrogen-bond donors (Lipinski definition) is 10. The Morgan fingerprint density at radius 3 is 1.44 bits per heavy atom. The van der Waals surface area contributed by atoms with Crippen molar-refractivity contribution in [3.05, 3.63) is 199 Å². The molecule has 0 bridgehead atoms. The van der Waals surface area contributed by atoms with Gasteiger partial charge in [-0.25, -0.2) is 19.9 Å². The van der Waals surface area contributed by atoms with Crippen molar-refractivity contribution < 1.29 is 19.1 Å². The van der Waals surface area contributed by atoms with Crippen molar-refractivity contribution in [1.82, 2.24) is 79.0 Å². The first-order valence-corrected chi connectivity index (χ1v) is 31.4. The van der Waals surface area contributed by atoms with E-state index in [2.05, 4.69) is 123 Å². The number of anilines is 15. The maximum Gasteiger partial charge on any atom is 0.248 e. The Labute approximate surface area is 576 Å². The third-order valence-corrected chi connectivity index (χ3v) is 14.7. The molecule has 0 atom stereocenters. The van der Waals surface area contributed by atoms with Gasteiger partial charge in [0.25, 0.3) is 0 Å².